The highest BCUT2D eigenvalue weighted by molar-refractivity contribution is 5.69. The van der Waals surface area contributed by atoms with E-state index in [0.29, 0.717) is 6.29 Å². The summed E-state index contributed by atoms with van der Waals surface area (Å²) < 4.78 is 9.52. The summed E-state index contributed by atoms with van der Waals surface area (Å²) in [6, 6.07) is 0. The molecule has 0 saturated heterocycles. The van der Waals surface area contributed by atoms with Crippen molar-refractivity contribution in [1.29, 1.82) is 0 Å². The Morgan fingerprint density at radius 1 is 1.88 bits per heavy atom. The Labute approximate surface area is 46.9 Å². The maximum atomic E-state index is 9.88. The molecule has 0 amide bonds. The number of hydrogen-bond donors (Lipinski definition) is 0. The van der Waals surface area contributed by atoms with Crippen molar-refractivity contribution < 1.29 is 14.3 Å². The minimum absolute atomic E-state index is 0.262. The standard InChI is InChI=1S/C5H6O3/c1-4-7-3-5(2-6)8-4/h2-4H,1H3. The van der Waals surface area contributed by atoms with Crippen molar-refractivity contribution in [3.63, 3.8) is 0 Å². The summed E-state index contributed by atoms with van der Waals surface area (Å²) in [5.41, 5.74) is 0. The van der Waals surface area contributed by atoms with Crippen molar-refractivity contribution in [3.8, 4) is 0 Å². The molecule has 0 fully saturated rings. The molecule has 0 bridgehead atoms. The Hall–Kier alpha value is -0.990. The molecule has 1 aliphatic rings. The smallest absolute Gasteiger partial charge is 0.238 e. The van der Waals surface area contributed by atoms with E-state index in [4.69, 9.17) is 9.47 Å². The predicted octanol–water partition coefficient (Wildman–Crippen LogP) is 0.419. The monoisotopic (exact) mass is 114 g/mol. The van der Waals surface area contributed by atoms with E-state index in [1.165, 1.54) is 6.26 Å². The topological polar surface area (TPSA) is 35.5 Å². The van der Waals surface area contributed by atoms with Gasteiger partial charge in [0.2, 0.25) is 6.29 Å². The van der Waals surface area contributed by atoms with Gasteiger partial charge in [0.25, 0.3) is 0 Å². The van der Waals surface area contributed by atoms with E-state index in [1.807, 2.05) is 0 Å². The Kier molecular flexibility index (Phi) is 1.20. The number of carbonyl (C=O) groups excluding carboxylic acids is 1. The normalized spacial score (nSPS) is 25.6. The van der Waals surface area contributed by atoms with Crippen LogP contribution in [0.3, 0.4) is 0 Å². The van der Waals surface area contributed by atoms with Gasteiger partial charge in [0.1, 0.15) is 6.26 Å². The maximum Gasteiger partial charge on any atom is 0.238 e. The van der Waals surface area contributed by atoms with Crippen LogP contribution < -0.4 is 0 Å². The van der Waals surface area contributed by atoms with Crippen molar-refractivity contribution in [2.45, 2.75) is 13.2 Å². The van der Waals surface area contributed by atoms with Crippen LogP contribution in [0, 0.1) is 0 Å². The first-order valence-electron chi connectivity index (χ1n) is 2.30. The van der Waals surface area contributed by atoms with E-state index in [-0.39, 0.29) is 12.0 Å². The minimum Gasteiger partial charge on any atom is -0.459 e. The first-order chi connectivity index (χ1) is 3.83. The highest BCUT2D eigenvalue weighted by Crippen LogP contribution is 2.09. The summed E-state index contributed by atoms with van der Waals surface area (Å²) in [7, 11) is 0. The maximum absolute atomic E-state index is 9.88. The van der Waals surface area contributed by atoms with Crippen molar-refractivity contribution in [1.82, 2.24) is 0 Å². The fraction of sp³-hybridized carbons (Fsp3) is 0.400. The lowest BCUT2D eigenvalue weighted by Gasteiger charge is -2.00. The van der Waals surface area contributed by atoms with Crippen molar-refractivity contribution >= 4 is 6.29 Å². The molecule has 44 valence electrons. The molecule has 3 nitrogen and oxygen atoms in total. The van der Waals surface area contributed by atoms with Crippen LogP contribution in [0.4, 0.5) is 0 Å². The molecule has 3 heteroatoms. The molecule has 0 N–H and O–H groups in total. The third-order valence-corrected chi connectivity index (χ3v) is 0.794. The Balaban J connectivity index is 2.49. The number of carbonyl (C=O) groups is 1. The molecule has 0 spiro atoms. The van der Waals surface area contributed by atoms with Crippen LogP contribution in [0.2, 0.25) is 0 Å². The molecule has 0 aromatic rings. The largest absolute Gasteiger partial charge is 0.459 e. The summed E-state index contributed by atoms with van der Waals surface area (Å²) >= 11 is 0. The predicted molar refractivity (Wildman–Crippen MR) is 25.8 cm³/mol. The van der Waals surface area contributed by atoms with E-state index in [0.717, 1.165) is 0 Å². The molecule has 1 heterocycles. The molecule has 0 saturated carbocycles. The zero-order valence-corrected chi connectivity index (χ0v) is 4.46. The van der Waals surface area contributed by atoms with Gasteiger partial charge in [0.05, 0.1) is 0 Å². The molecule has 0 aliphatic carbocycles. The number of allylic oxidation sites excluding steroid dienone is 1. The molecule has 1 unspecified atom stereocenters. The molecule has 8 heavy (non-hydrogen) atoms. The Morgan fingerprint density at radius 2 is 2.62 bits per heavy atom. The van der Waals surface area contributed by atoms with Crippen LogP contribution in [0.1, 0.15) is 6.92 Å². The van der Waals surface area contributed by atoms with Gasteiger partial charge in [-0.1, -0.05) is 0 Å². The molecular weight excluding hydrogens is 108 g/mol. The minimum atomic E-state index is -0.296. The quantitative estimate of drug-likeness (QED) is 0.463. The first kappa shape index (κ1) is 5.15. The van der Waals surface area contributed by atoms with Gasteiger partial charge in [-0.3, -0.25) is 4.79 Å². The summed E-state index contributed by atoms with van der Waals surface area (Å²) in [6.07, 6.45) is 1.62. The molecule has 1 atom stereocenters. The van der Waals surface area contributed by atoms with E-state index < -0.39 is 0 Å². The summed E-state index contributed by atoms with van der Waals surface area (Å²) in [6.45, 7) is 1.72. The number of ether oxygens (including phenoxy) is 2. The molecule has 0 aromatic heterocycles. The second-order valence-corrected chi connectivity index (χ2v) is 1.46. The van der Waals surface area contributed by atoms with Gasteiger partial charge in [0.15, 0.2) is 12.0 Å². The number of hydrogen-bond acceptors (Lipinski definition) is 3. The lowest BCUT2D eigenvalue weighted by Crippen LogP contribution is -2.00. The lowest BCUT2D eigenvalue weighted by atomic mass is 10.6. The highest BCUT2D eigenvalue weighted by Gasteiger charge is 2.11. The fourth-order valence-corrected chi connectivity index (χ4v) is 0.466. The van der Waals surface area contributed by atoms with Crippen LogP contribution >= 0.6 is 0 Å². The van der Waals surface area contributed by atoms with E-state index in [9.17, 15) is 4.79 Å². The van der Waals surface area contributed by atoms with Gasteiger partial charge in [0, 0.05) is 6.92 Å². The van der Waals surface area contributed by atoms with Crippen molar-refractivity contribution in [2.75, 3.05) is 0 Å². The lowest BCUT2D eigenvalue weighted by molar-refractivity contribution is -0.109. The summed E-state index contributed by atoms with van der Waals surface area (Å²) in [4.78, 5) is 9.88. The van der Waals surface area contributed by atoms with Gasteiger partial charge in [-0.2, -0.15) is 0 Å². The van der Waals surface area contributed by atoms with Gasteiger partial charge < -0.3 is 9.47 Å². The molecule has 1 rings (SSSR count). The highest BCUT2D eigenvalue weighted by atomic mass is 16.7. The van der Waals surface area contributed by atoms with Gasteiger partial charge >= 0.3 is 0 Å². The summed E-state index contributed by atoms with van der Waals surface area (Å²) in [5.74, 6) is 0.262. The Bertz CT molecular complexity index is 128. The SMILES string of the molecule is CC1OC=C(C=O)O1. The fourth-order valence-electron chi connectivity index (χ4n) is 0.466. The van der Waals surface area contributed by atoms with Crippen LogP contribution in [0.25, 0.3) is 0 Å². The van der Waals surface area contributed by atoms with Gasteiger partial charge in [-0.05, 0) is 0 Å². The van der Waals surface area contributed by atoms with Gasteiger partial charge in [-0.25, -0.2) is 0 Å². The molecule has 0 radical (unpaired) electrons. The molecule has 0 aromatic carbocycles. The third kappa shape index (κ3) is 0.804. The van der Waals surface area contributed by atoms with Crippen LogP contribution in [0.5, 0.6) is 0 Å². The van der Waals surface area contributed by atoms with Crippen LogP contribution in [-0.4, -0.2) is 12.6 Å². The zero-order chi connectivity index (χ0) is 5.98. The number of aldehydes is 1. The van der Waals surface area contributed by atoms with Crippen molar-refractivity contribution in [2.24, 2.45) is 0 Å². The van der Waals surface area contributed by atoms with E-state index >= 15 is 0 Å². The average molecular weight is 114 g/mol. The third-order valence-electron chi connectivity index (χ3n) is 0.794. The van der Waals surface area contributed by atoms with Crippen LogP contribution in [-0.2, 0) is 14.3 Å². The molecule has 1 aliphatic heterocycles. The number of rotatable bonds is 1. The molecular formula is C5H6O3. The zero-order valence-electron chi connectivity index (χ0n) is 4.46. The second kappa shape index (κ2) is 1.86. The second-order valence-electron chi connectivity index (χ2n) is 1.46. The van der Waals surface area contributed by atoms with Gasteiger partial charge in [-0.15, -0.1) is 0 Å². The summed E-state index contributed by atoms with van der Waals surface area (Å²) in [5, 5.41) is 0. The first-order valence-corrected chi connectivity index (χ1v) is 2.30. The van der Waals surface area contributed by atoms with Crippen molar-refractivity contribution in [3.05, 3.63) is 12.0 Å². The van der Waals surface area contributed by atoms with Crippen LogP contribution in [0.15, 0.2) is 12.0 Å². The Morgan fingerprint density at radius 3 is 2.88 bits per heavy atom. The average Bonchev–Trinajstić information content (AvgIpc) is 2.14. The van der Waals surface area contributed by atoms with E-state index in [1.54, 1.807) is 6.92 Å². The van der Waals surface area contributed by atoms with E-state index in [2.05, 4.69) is 0 Å².